The van der Waals surface area contributed by atoms with E-state index in [2.05, 4.69) is 10.3 Å². The van der Waals surface area contributed by atoms with Crippen LogP contribution in [-0.4, -0.2) is 28.0 Å². The Morgan fingerprint density at radius 3 is 3.06 bits per heavy atom. The second-order valence-corrected chi connectivity index (χ2v) is 3.98. The number of hydrogen-bond acceptors (Lipinski definition) is 3. The summed E-state index contributed by atoms with van der Waals surface area (Å²) in [5, 5.41) is 2.89. The number of carbonyl (C=O) groups is 1. The molecule has 86 valence electrons. The highest BCUT2D eigenvalue weighted by atomic mass is 16.1. The summed E-state index contributed by atoms with van der Waals surface area (Å²) in [6.07, 6.45) is 9.82. The van der Waals surface area contributed by atoms with Gasteiger partial charge in [-0.25, -0.2) is 4.98 Å². The summed E-state index contributed by atoms with van der Waals surface area (Å²) in [7, 11) is 0. The molecule has 1 heterocycles. The summed E-state index contributed by atoms with van der Waals surface area (Å²) in [6.45, 7) is 1.36. The number of amides is 1. The van der Waals surface area contributed by atoms with E-state index in [1.807, 2.05) is 22.9 Å². The molecule has 1 aliphatic rings. The molecule has 2 rings (SSSR count). The molecule has 2 atom stereocenters. The molecule has 1 amide bonds. The van der Waals surface area contributed by atoms with E-state index in [4.69, 9.17) is 5.73 Å². The molecular weight excluding hydrogens is 204 g/mol. The maximum atomic E-state index is 11.7. The Labute approximate surface area is 94.3 Å². The van der Waals surface area contributed by atoms with Crippen molar-refractivity contribution in [2.45, 2.75) is 19.0 Å². The fourth-order valence-corrected chi connectivity index (χ4v) is 1.78. The van der Waals surface area contributed by atoms with Crippen molar-refractivity contribution in [1.82, 2.24) is 14.9 Å². The van der Waals surface area contributed by atoms with Crippen molar-refractivity contribution in [3.8, 4) is 0 Å². The number of carbonyl (C=O) groups excluding carboxylic acids is 1. The van der Waals surface area contributed by atoms with Gasteiger partial charge in [0.15, 0.2) is 0 Å². The Morgan fingerprint density at radius 2 is 2.44 bits per heavy atom. The molecule has 1 aromatic rings. The number of nitrogens with one attached hydrogen (secondary N) is 1. The average molecular weight is 220 g/mol. The van der Waals surface area contributed by atoms with Gasteiger partial charge in [0, 0.05) is 31.5 Å². The quantitative estimate of drug-likeness (QED) is 0.696. The van der Waals surface area contributed by atoms with Crippen molar-refractivity contribution < 1.29 is 4.79 Å². The number of nitrogens with two attached hydrogens (primary N) is 1. The lowest BCUT2D eigenvalue weighted by molar-refractivity contribution is -0.123. The Balaban J connectivity index is 1.70. The number of hydrogen-bond donors (Lipinski definition) is 2. The van der Waals surface area contributed by atoms with E-state index in [9.17, 15) is 4.79 Å². The van der Waals surface area contributed by atoms with E-state index >= 15 is 0 Å². The number of nitrogens with zero attached hydrogens (tertiary/aromatic N) is 2. The third-order valence-corrected chi connectivity index (χ3v) is 2.68. The Bertz CT molecular complexity index is 371. The van der Waals surface area contributed by atoms with E-state index in [0.29, 0.717) is 6.54 Å². The van der Waals surface area contributed by atoms with Crippen molar-refractivity contribution >= 4 is 5.91 Å². The summed E-state index contributed by atoms with van der Waals surface area (Å²) in [6, 6.07) is 0.0319. The molecule has 0 fully saturated rings. The summed E-state index contributed by atoms with van der Waals surface area (Å²) < 4.78 is 1.93. The van der Waals surface area contributed by atoms with Gasteiger partial charge in [0.05, 0.1) is 12.2 Å². The first kappa shape index (κ1) is 10.9. The monoisotopic (exact) mass is 220 g/mol. The highest BCUT2D eigenvalue weighted by Crippen LogP contribution is 2.15. The summed E-state index contributed by atoms with van der Waals surface area (Å²) in [5.74, 6) is 0.00195. The van der Waals surface area contributed by atoms with Crippen LogP contribution >= 0.6 is 0 Å². The predicted molar refractivity (Wildman–Crippen MR) is 60.5 cm³/mol. The summed E-state index contributed by atoms with van der Waals surface area (Å²) >= 11 is 0. The minimum Gasteiger partial charge on any atom is -0.354 e. The van der Waals surface area contributed by atoms with Gasteiger partial charge in [-0.3, -0.25) is 4.79 Å². The van der Waals surface area contributed by atoms with E-state index in [-0.39, 0.29) is 17.9 Å². The molecule has 5 nitrogen and oxygen atoms in total. The van der Waals surface area contributed by atoms with Crippen molar-refractivity contribution in [3.05, 3.63) is 30.9 Å². The zero-order chi connectivity index (χ0) is 11.4. The zero-order valence-electron chi connectivity index (χ0n) is 9.04. The number of rotatable bonds is 4. The number of aromatic nitrogens is 2. The van der Waals surface area contributed by atoms with E-state index in [0.717, 1.165) is 13.0 Å². The van der Waals surface area contributed by atoms with Crippen LogP contribution in [0.25, 0.3) is 0 Å². The second kappa shape index (κ2) is 4.94. The molecule has 0 radical (unpaired) electrons. The molecule has 0 aliphatic heterocycles. The van der Waals surface area contributed by atoms with Gasteiger partial charge < -0.3 is 15.6 Å². The molecule has 2 unspecified atom stereocenters. The summed E-state index contributed by atoms with van der Waals surface area (Å²) in [5.41, 5.74) is 5.69. The van der Waals surface area contributed by atoms with Gasteiger partial charge in [-0.15, -0.1) is 0 Å². The first-order valence-corrected chi connectivity index (χ1v) is 5.43. The molecule has 0 saturated carbocycles. The van der Waals surface area contributed by atoms with Crippen LogP contribution in [-0.2, 0) is 11.3 Å². The van der Waals surface area contributed by atoms with Crippen molar-refractivity contribution in [1.29, 1.82) is 0 Å². The molecule has 1 aromatic heterocycles. The third kappa shape index (κ3) is 2.70. The average Bonchev–Trinajstić information content (AvgIpc) is 2.89. The van der Waals surface area contributed by atoms with Gasteiger partial charge >= 0.3 is 0 Å². The van der Waals surface area contributed by atoms with Crippen molar-refractivity contribution in [3.63, 3.8) is 0 Å². The lowest BCUT2D eigenvalue weighted by Gasteiger charge is -2.10. The maximum absolute atomic E-state index is 11.7. The molecular formula is C11H16N4O. The van der Waals surface area contributed by atoms with Gasteiger partial charge in [-0.2, -0.15) is 0 Å². The molecule has 0 aromatic carbocycles. The Hall–Kier alpha value is -1.62. The standard InChI is InChI=1S/C11H16N4O/c12-10-2-1-9(7-10)11(16)14-4-6-15-5-3-13-8-15/h1-3,5,8-10H,4,6-7,12H2,(H,14,16). The van der Waals surface area contributed by atoms with E-state index < -0.39 is 0 Å². The molecule has 16 heavy (non-hydrogen) atoms. The molecule has 3 N–H and O–H groups in total. The molecule has 1 aliphatic carbocycles. The van der Waals surface area contributed by atoms with Crippen molar-refractivity contribution in [2.75, 3.05) is 6.54 Å². The molecule has 0 bridgehead atoms. The van der Waals surface area contributed by atoms with E-state index in [1.165, 1.54) is 0 Å². The largest absolute Gasteiger partial charge is 0.354 e. The smallest absolute Gasteiger partial charge is 0.227 e. The highest BCUT2D eigenvalue weighted by molar-refractivity contribution is 5.81. The fourth-order valence-electron chi connectivity index (χ4n) is 1.78. The molecule has 5 heteroatoms. The Morgan fingerprint density at radius 1 is 1.56 bits per heavy atom. The minimum atomic E-state index is -0.0576. The Kier molecular flexibility index (Phi) is 3.36. The predicted octanol–water partition coefficient (Wildman–Crippen LogP) is -0.0973. The number of imidazole rings is 1. The molecule has 0 saturated heterocycles. The normalized spacial score (nSPS) is 23.6. The fraction of sp³-hybridized carbons (Fsp3) is 0.455. The maximum Gasteiger partial charge on any atom is 0.227 e. The first-order chi connectivity index (χ1) is 7.75. The van der Waals surface area contributed by atoms with Crippen LogP contribution in [0.15, 0.2) is 30.9 Å². The van der Waals surface area contributed by atoms with Gasteiger partial charge in [-0.1, -0.05) is 12.2 Å². The van der Waals surface area contributed by atoms with Crippen LogP contribution < -0.4 is 11.1 Å². The topological polar surface area (TPSA) is 72.9 Å². The third-order valence-electron chi connectivity index (χ3n) is 2.68. The summed E-state index contributed by atoms with van der Waals surface area (Å²) in [4.78, 5) is 15.6. The van der Waals surface area contributed by atoms with Gasteiger partial charge in [0.25, 0.3) is 0 Å². The van der Waals surface area contributed by atoms with Crippen LogP contribution in [0.2, 0.25) is 0 Å². The lowest BCUT2D eigenvalue weighted by Crippen LogP contribution is -2.32. The second-order valence-electron chi connectivity index (χ2n) is 3.98. The molecule has 0 spiro atoms. The lowest BCUT2D eigenvalue weighted by atomic mass is 10.1. The van der Waals surface area contributed by atoms with Crippen LogP contribution in [0.1, 0.15) is 6.42 Å². The van der Waals surface area contributed by atoms with Crippen LogP contribution in [0.3, 0.4) is 0 Å². The minimum absolute atomic E-state index is 0.0319. The van der Waals surface area contributed by atoms with E-state index in [1.54, 1.807) is 12.5 Å². The zero-order valence-corrected chi connectivity index (χ0v) is 9.04. The van der Waals surface area contributed by atoms with Crippen LogP contribution in [0.5, 0.6) is 0 Å². The van der Waals surface area contributed by atoms with Gasteiger partial charge in [-0.05, 0) is 6.42 Å². The van der Waals surface area contributed by atoms with Gasteiger partial charge in [0.1, 0.15) is 0 Å². The van der Waals surface area contributed by atoms with Crippen LogP contribution in [0, 0.1) is 5.92 Å². The van der Waals surface area contributed by atoms with Crippen LogP contribution in [0.4, 0.5) is 0 Å². The SMILES string of the molecule is NC1C=CC(C(=O)NCCn2ccnc2)C1. The highest BCUT2D eigenvalue weighted by Gasteiger charge is 2.21. The van der Waals surface area contributed by atoms with Crippen molar-refractivity contribution in [2.24, 2.45) is 11.7 Å². The van der Waals surface area contributed by atoms with Gasteiger partial charge in [0.2, 0.25) is 5.91 Å². The first-order valence-electron chi connectivity index (χ1n) is 5.43.